The Bertz CT molecular complexity index is 757. The van der Waals surface area contributed by atoms with E-state index in [9.17, 15) is 14.9 Å². The molecule has 0 aliphatic carbocycles. The van der Waals surface area contributed by atoms with E-state index in [1.54, 1.807) is 32.2 Å². The average molecular weight is 329 g/mol. The molecule has 2 aromatic rings. The largest absolute Gasteiger partial charge is 0.496 e. The van der Waals surface area contributed by atoms with Gasteiger partial charge >= 0.3 is 5.97 Å². The summed E-state index contributed by atoms with van der Waals surface area (Å²) in [4.78, 5) is 22.4. The van der Waals surface area contributed by atoms with Gasteiger partial charge in [-0.3, -0.25) is 14.9 Å². The number of non-ortho nitro benzene ring substituents is 1. The maximum atomic E-state index is 12.1. The summed E-state index contributed by atoms with van der Waals surface area (Å²) < 4.78 is 10.6. The van der Waals surface area contributed by atoms with Gasteiger partial charge in [-0.2, -0.15) is 0 Å². The first-order valence-electron chi connectivity index (χ1n) is 7.48. The second-order valence-corrected chi connectivity index (χ2v) is 5.46. The summed E-state index contributed by atoms with van der Waals surface area (Å²) in [5.41, 5.74) is 2.32. The van der Waals surface area contributed by atoms with Crippen LogP contribution in [0.2, 0.25) is 0 Å². The molecule has 126 valence electrons. The number of methoxy groups -OCH3 is 1. The molecule has 0 saturated carbocycles. The number of carbonyl (C=O) groups is 1. The second-order valence-electron chi connectivity index (χ2n) is 5.46. The van der Waals surface area contributed by atoms with Gasteiger partial charge in [0.2, 0.25) is 0 Å². The Kier molecular flexibility index (Phi) is 5.52. The Hall–Kier alpha value is -2.89. The molecule has 0 aliphatic heterocycles. The first-order valence-corrected chi connectivity index (χ1v) is 7.48. The molecule has 6 heteroatoms. The van der Waals surface area contributed by atoms with Gasteiger partial charge in [0.15, 0.2) is 0 Å². The minimum atomic E-state index is -0.565. The molecule has 2 aromatic carbocycles. The minimum absolute atomic E-state index is 0.0290. The molecule has 1 atom stereocenters. The number of nitrogens with zero attached hydrogens (tertiary/aromatic N) is 1. The summed E-state index contributed by atoms with van der Waals surface area (Å²) in [6.07, 6.45) is -0.458. The predicted molar refractivity (Wildman–Crippen MR) is 89.0 cm³/mol. The van der Waals surface area contributed by atoms with Crippen LogP contribution < -0.4 is 4.74 Å². The molecule has 0 N–H and O–H groups in total. The molecular weight excluding hydrogens is 310 g/mol. The number of benzene rings is 2. The number of carbonyl (C=O) groups excluding carboxylic acids is 1. The molecule has 0 radical (unpaired) electrons. The van der Waals surface area contributed by atoms with Gasteiger partial charge in [-0.15, -0.1) is 0 Å². The van der Waals surface area contributed by atoms with Crippen molar-refractivity contribution in [1.82, 2.24) is 0 Å². The molecule has 0 fully saturated rings. The number of hydrogen-bond donors (Lipinski definition) is 0. The van der Waals surface area contributed by atoms with Crippen LogP contribution in [0.4, 0.5) is 5.69 Å². The molecule has 0 unspecified atom stereocenters. The number of nitro benzene ring substituents is 1. The van der Waals surface area contributed by atoms with Gasteiger partial charge in [0.25, 0.3) is 5.69 Å². The van der Waals surface area contributed by atoms with E-state index in [4.69, 9.17) is 9.47 Å². The highest BCUT2D eigenvalue weighted by atomic mass is 16.6. The summed E-state index contributed by atoms with van der Waals surface area (Å²) in [7, 11) is 1.58. The van der Waals surface area contributed by atoms with Crippen LogP contribution in [0.15, 0.2) is 42.5 Å². The van der Waals surface area contributed by atoms with Gasteiger partial charge in [-0.05, 0) is 36.6 Å². The van der Waals surface area contributed by atoms with Crippen LogP contribution in [0.3, 0.4) is 0 Å². The van der Waals surface area contributed by atoms with Crippen LogP contribution in [0.5, 0.6) is 5.75 Å². The summed E-state index contributed by atoms with van der Waals surface area (Å²) in [5.74, 6) is 0.312. The van der Waals surface area contributed by atoms with Gasteiger partial charge in [0.05, 0.1) is 18.5 Å². The summed E-state index contributed by atoms with van der Waals surface area (Å²) in [6.45, 7) is 3.61. The zero-order valence-electron chi connectivity index (χ0n) is 13.8. The fourth-order valence-electron chi connectivity index (χ4n) is 2.34. The van der Waals surface area contributed by atoms with E-state index in [2.05, 4.69) is 0 Å². The lowest BCUT2D eigenvalue weighted by Crippen LogP contribution is -2.11. The maximum absolute atomic E-state index is 12.1. The van der Waals surface area contributed by atoms with Crippen molar-refractivity contribution in [1.29, 1.82) is 0 Å². The third kappa shape index (κ3) is 4.32. The van der Waals surface area contributed by atoms with E-state index >= 15 is 0 Å². The Morgan fingerprint density at radius 2 is 2.00 bits per heavy atom. The van der Waals surface area contributed by atoms with E-state index in [0.29, 0.717) is 11.3 Å². The van der Waals surface area contributed by atoms with Gasteiger partial charge < -0.3 is 9.47 Å². The van der Waals surface area contributed by atoms with Crippen LogP contribution in [0.25, 0.3) is 0 Å². The number of rotatable bonds is 6. The van der Waals surface area contributed by atoms with Crippen molar-refractivity contribution >= 4 is 11.7 Å². The van der Waals surface area contributed by atoms with Crippen LogP contribution in [0, 0.1) is 17.0 Å². The fourth-order valence-corrected chi connectivity index (χ4v) is 2.34. The Morgan fingerprint density at radius 1 is 1.25 bits per heavy atom. The standard InChI is InChI=1S/C18H19NO5/c1-12-7-8-14(9-17(12)23-3)10-18(20)24-13(2)15-5-4-6-16(11-15)19(21)22/h4-9,11,13H,10H2,1-3H3/t13-/m1/s1. The van der Waals surface area contributed by atoms with Crippen LogP contribution >= 0.6 is 0 Å². The first-order chi connectivity index (χ1) is 11.4. The molecule has 0 amide bonds. The first kappa shape index (κ1) is 17.5. The minimum Gasteiger partial charge on any atom is -0.496 e. The molecule has 2 rings (SSSR count). The molecule has 0 saturated heterocycles. The van der Waals surface area contributed by atoms with E-state index < -0.39 is 17.0 Å². The number of aryl methyl sites for hydroxylation is 1. The van der Waals surface area contributed by atoms with Crippen molar-refractivity contribution < 1.29 is 19.2 Å². The number of nitro groups is 1. The summed E-state index contributed by atoms with van der Waals surface area (Å²) >= 11 is 0. The molecule has 0 aromatic heterocycles. The monoisotopic (exact) mass is 329 g/mol. The number of esters is 1. The Morgan fingerprint density at radius 3 is 2.67 bits per heavy atom. The molecule has 6 nitrogen and oxygen atoms in total. The lowest BCUT2D eigenvalue weighted by atomic mass is 10.1. The normalized spacial score (nSPS) is 11.6. The SMILES string of the molecule is COc1cc(CC(=O)O[C@H](C)c2cccc([N+](=O)[O-])c2)ccc1C. The van der Waals surface area contributed by atoms with E-state index in [-0.39, 0.29) is 12.1 Å². The summed E-state index contributed by atoms with van der Waals surface area (Å²) in [5, 5.41) is 10.8. The highest BCUT2D eigenvalue weighted by Gasteiger charge is 2.15. The van der Waals surface area contributed by atoms with Crippen LogP contribution in [0.1, 0.15) is 29.7 Å². The average Bonchev–Trinajstić information content (AvgIpc) is 2.56. The highest BCUT2D eigenvalue weighted by molar-refractivity contribution is 5.73. The van der Waals surface area contributed by atoms with E-state index in [1.165, 1.54) is 12.1 Å². The van der Waals surface area contributed by atoms with Crippen LogP contribution in [-0.4, -0.2) is 18.0 Å². The third-order valence-corrected chi connectivity index (χ3v) is 3.68. The highest BCUT2D eigenvalue weighted by Crippen LogP contribution is 2.23. The van der Waals surface area contributed by atoms with Crippen molar-refractivity contribution in [3.63, 3.8) is 0 Å². The van der Waals surface area contributed by atoms with E-state index in [1.807, 2.05) is 19.1 Å². The third-order valence-electron chi connectivity index (χ3n) is 3.68. The second kappa shape index (κ2) is 7.59. The Labute approximate surface area is 140 Å². The molecule has 0 heterocycles. The maximum Gasteiger partial charge on any atom is 0.310 e. The predicted octanol–water partition coefficient (Wildman–Crippen LogP) is 3.76. The van der Waals surface area contributed by atoms with Crippen LogP contribution in [-0.2, 0) is 16.0 Å². The van der Waals surface area contributed by atoms with Crippen molar-refractivity contribution in [2.45, 2.75) is 26.4 Å². The van der Waals surface area contributed by atoms with Crippen molar-refractivity contribution in [3.8, 4) is 5.75 Å². The zero-order chi connectivity index (χ0) is 17.7. The molecule has 0 bridgehead atoms. The fraction of sp³-hybridized carbons (Fsp3) is 0.278. The number of ether oxygens (including phenoxy) is 2. The molecule has 24 heavy (non-hydrogen) atoms. The smallest absolute Gasteiger partial charge is 0.310 e. The van der Waals surface area contributed by atoms with Gasteiger partial charge in [-0.25, -0.2) is 0 Å². The topological polar surface area (TPSA) is 78.7 Å². The van der Waals surface area contributed by atoms with Crippen molar-refractivity contribution in [2.75, 3.05) is 7.11 Å². The number of hydrogen-bond acceptors (Lipinski definition) is 5. The zero-order valence-corrected chi connectivity index (χ0v) is 13.8. The quantitative estimate of drug-likeness (QED) is 0.458. The van der Waals surface area contributed by atoms with E-state index in [0.717, 1.165) is 11.1 Å². The molecule has 0 aliphatic rings. The lowest BCUT2D eigenvalue weighted by Gasteiger charge is -2.14. The van der Waals surface area contributed by atoms with Crippen molar-refractivity contribution in [2.24, 2.45) is 0 Å². The molecular formula is C18H19NO5. The Balaban J connectivity index is 2.04. The van der Waals surface area contributed by atoms with Gasteiger partial charge in [0, 0.05) is 12.1 Å². The lowest BCUT2D eigenvalue weighted by molar-refractivity contribution is -0.385. The summed E-state index contributed by atoms with van der Waals surface area (Å²) in [6, 6.07) is 11.6. The van der Waals surface area contributed by atoms with Gasteiger partial charge in [-0.1, -0.05) is 24.3 Å². The molecule has 0 spiro atoms. The van der Waals surface area contributed by atoms with Gasteiger partial charge in [0.1, 0.15) is 11.9 Å². The van der Waals surface area contributed by atoms with Crippen molar-refractivity contribution in [3.05, 3.63) is 69.3 Å².